The fourth-order valence-corrected chi connectivity index (χ4v) is 3.05. The van der Waals surface area contributed by atoms with Crippen LogP contribution in [-0.4, -0.2) is 50.8 Å². The van der Waals surface area contributed by atoms with Crippen LogP contribution in [0.4, 0.5) is 0 Å². The number of nitrogens with zero attached hydrogens (tertiary/aromatic N) is 5. The van der Waals surface area contributed by atoms with E-state index in [1.54, 1.807) is 13.2 Å². The summed E-state index contributed by atoms with van der Waals surface area (Å²) in [6, 6.07) is 1.05. The third kappa shape index (κ3) is 5.98. The topological polar surface area (TPSA) is 91.9 Å². The molecule has 137 valence electrons. The molecule has 0 atom stereocenters. The van der Waals surface area contributed by atoms with Crippen LogP contribution in [0.15, 0.2) is 17.1 Å². The zero-order valence-electron chi connectivity index (χ0n) is 14.8. The molecule has 0 fully saturated rings. The van der Waals surface area contributed by atoms with Crippen molar-refractivity contribution in [2.24, 2.45) is 7.05 Å². The van der Waals surface area contributed by atoms with Crippen molar-refractivity contribution >= 4 is 35.6 Å². The number of hydrogen-bond donors (Lipinski definition) is 0. The Kier molecular flexibility index (Phi) is 6.41. The summed E-state index contributed by atoms with van der Waals surface area (Å²) in [5.74, 6) is -0.745. The third-order valence-corrected chi connectivity index (χ3v) is 5.72. The number of aromatic nitrogens is 5. The van der Waals surface area contributed by atoms with Gasteiger partial charge in [-0.05, 0) is 15.9 Å². The standard InChI is InChI=1S/C15H22BrN5O3Si/c1-20-9-11(8-17-20)12(22)7-13(23)14-18-15(16)21(19-14)10-24-5-6-25(2,3)4/h8-9H,5-7,10H2,1-4H3/q-1. The maximum atomic E-state index is 12.2. The van der Waals surface area contributed by atoms with Gasteiger partial charge < -0.3 is 4.74 Å². The van der Waals surface area contributed by atoms with E-state index in [1.165, 1.54) is 15.6 Å². The molecule has 0 bridgehead atoms. The van der Waals surface area contributed by atoms with Crippen molar-refractivity contribution in [3.05, 3.63) is 28.5 Å². The molecule has 2 aromatic rings. The lowest BCUT2D eigenvalue weighted by Gasteiger charge is -2.26. The molecule has 0 aliphatic rings. The first-order valence-electron chi connectivity index (χ1n) is 7.89. The average molecular weight is 428 g/mol. The summed E-state index contributed by atoms with van der Waals surface area (Å²) < 4.78 is 8.98. The summed E-state index contributed by atoms with van der Waals surface area (Å²) in [4.78, 5) is 28.4. The van der Waals surface area contributed by atoms with E-state index >= 15 is 0 Å². The molecule has 0 aromatic carbocycles. The number of halogens is 1. The smallest absolute Gasteiger partial charge is 0.218 e. The molecule has 0 saturated heterocycles. The highest BCUT2D eigenvalue weighted by Crippen LogP contribution is 2.12. The second kappa shape index (κ2) is 8.15. The number of Topliss-reactive ketones (excluding diaryl/α,β-unsaturated/α-hetero) is 2. The predicted molar refractivity (Wildman–Crippen MR) is 98.3 cm³/mol. The Labute approximate surface area is 155 Å². The molecule has 10 heteroatoms. The normalized spacial score (nSPS) is 11.7. The SMILES string of the molecule is Cn1cc(C(=O)CC(=O)c2nc(Br)n(COCC[Si-](C)(C)C)n2)cn1. The molecule has 0 aliphatic heterocycles. The zero-order chi connectivity index (χ0) is 18.6. The van der Waals surface area contributed by atoms with Gasteiger partial charge in [-0.1, -0.05) is 0 Å². The molecule has 0 radical (unpaired) electrons. The van der Waals surface area contributed by atoms with E-state index in [4.69, 9.17) is 4.74 Å². The van der Waals surface area contributed by atoms with Crippen LogP contribution in [0.25, 0.3) is 0 Å². The molecule has 0 saturated carbocycles. The van der Waals surface area contributed by atoms with Gasteiger partial charge in [0.1, 0.15) is 6.73 Å². The second-order valence-corrected chi connectivity index (χ2v) is 13.3. The first kappa shape index (κ1) is 19.7. The number of rotatable bonds is 9. The molecule has 0 amide bonds. The summed E-state index contributed by atoms with van der Waals surface area (Å²) >= 11 is 3.26. The Morgan fingerprint density at radius 2 is 2.00 bits per heavy atom. The van der Waals surface area contributed by atoms with Crippen LogP contribution >= 0.6 is 15.9 Å². The number of aryl methyl sites for hydroxylation is 1. The minimum absolute atomic E-state index is 0.00193. The molecule has 0 spiro atoms. The zero-order valence-corrected chi connectivity index (χ0v) is 17.4. The summed E-state index contributed by atoms with van der Waals surface area (Å²) in [6.45, 7) is 7.68. The van der Waals surface area contributed by atoms with Crippen LogP contribution in [0.2, 0.25) is 25.7 Å². The molecular formula is C15H22BrN5O3Si-. The number of carbonyl (C=O) groups is 2. The van der Waals surface area contributed by atoms with Gasteiger partial charge in [-0.15, -0.1) is 19.2 Å². The molecule has 25 heavy (non-hydrogen) atoms. The highest BCUT2D eigenvalue weighted by Gasteiger charge is 2.20. The number of carbonyl (C=O) groups excluding carboxylic acids is 2. The number of ether oxygens (including phenoxy) is 1. The molecule has 2 rings (SSSR count). The maximum Gasteiger partial charge on any atom is 0.218 e. The molecule has 0 N–H and O–H groups in total. The van der Waals surface area contributed by atoms with Gasteiger partial charge in [0, 0.05) is 19.9 Å². The van der Waals surface area contributed by atoms with Gasteiger partial charge in [0.2, 0.25) is 11.6 Å². The summed E-state index contributed by atoms with van der Waals surface area (Å²) in [5, 5.41) is 8.04. The van der Waals surface area contributed by atoms with Crippen molar-refractivity contribution < 1.29 is 14.3 Å². The minimum Gasteiger partial charge on any atom is -0.362 e. The Morgan fingerprint density at radius 3 is 2.60 bits per heavy atom. The Hall–Kier alpha value is -1.65. The average Bonchev–Trinajstić information content (AvgIpc) is 3.09. The van der Waals surface area contributed by atoms with Gasteiger partial charge in [0.05, 0.1) is 18.2 Å². The Balaban J connectivity index is 1.92. The Morgan fingerprint density at radius 1 is 1.28 bits per heavy atom. The van der Waals surface area contributed by atoms with Crippen LogP contribution in [0.3, 0.4) is 0 Å². The minimum atomic E-state index is -1.15. The lowest BCUT2D eigenvalue weighted by molar-refractivity contribution is 0.0759. The molecule has 0 unspecified atom stereocenters. The van der Waals surface area contributed by atoms with Crippen LogP contribution in [0.5, 0.6) is 0 Å². The van der Waals surface area contributed by atoms with Gasteiger partial charge >= 0.3 is 0 Å². The van der Waals surface area contributed by atoms with E-state index in [0.29, 0.717) is 16.9 Å². The number of hydrogen-bond acceptors (Lipinski definition) is 6. The molecular weight excluding hydrogens is 406 g/mol. The van der Waals surface area contributed by atoms with E-state index in [1.807, 2.05) is 0 Å². The largest absolute Gasteiger partial charge is 0.362 e. The van der Waals surface area contributed by atoms with Crippen molar-refractivity contribution in [3.8, 4) is 0 Å². The molecule has 2 aromatic heterocycles. The van der Waals surface area contributed by atoms with E-state index in [2.05, 4.69) is 50.8 Å². The Bertz CT molecular complexity index is 766. The van der Waals surface area contributed by atoms with Crippen molar-refractivity contribution in [2.45, 2.75) is 38.8 Å². The van der Waals surface area contributed by atoms with E-state index in [0.717, 1.165) is 6.04 Å². The summed E-state index contributed by atoms with van der Waals surface area (Å²) in [7, 11) is 0.558. The lowest BCUT2D eigenvalue weighted by atomic mass is 10.1. The molecule has 2 heterocycles. The van der Waals surface area contributed by atoms with Gasteiger partial charge in [0.25, 0.3) is 0 Å². The first-order valence-corrected chi connectivity index (χ1v) is 12.4. The monoisotopic (exact) mass is 427 g/mol. The van der Waals surface area contributed by atoms with Crippen LogP contribution in [0.1, 0.15) is 27.4 Å². The van der Waals surface area contributed by atoms with Gasteiger partial charge in [-0.2, -0.15) is 29.7 Å². The fraction of sp³-hybridized carbons (Fsp3) is 0.533. The highest BCUT2D eigenvalue weighted by molar-refractivity contribution is 9.10. The molecule has 8 nitrogen and oxygen atoms in total. The van der Waals surface area contributed by atoms with Crippen molar-refractivity contribution in [2.75, 3.05) is 6.61 Å². The van der Waals surface area contributed by atoms with E-state index in [-0.39, 0.29) is 24.8 Å². The summed E-state index contributed by atoms with van der Waals surface area (Å²) in [6.07, 6.45) is 2.71. The molecule has 0 aliphatic carbocycles. The van der Waals surface area contributed by atoms with Gasteiger partial charge in [0.15, 0.2) is 10.5 Å². The van der Waals surface area contributed by atoms with Crippen molar-refractivity contribution in [1.82, 2.24) is 24.5 Å². The fourth-order valence-electron chi connectivity index (χ4n) is 1.94. The van der Waals surface area contributed by atoms with E-state index < -0.39 is 13.9 Å². The lowest BCUT2D eigenvalue weighted by Crippen LogP contribution is -2.22. The summed E-state index contributed by atoms with van der Waals surface area (Å²) in [5.41, 5.74) is 0.393. The van der Waals surface area contributed by atoms with Gasteiger partial charge in [-0.3, -0.25) is 14.3 Å². The number of ketones is 2. The van der Waals surface area contributed by atoms with Crippen LogP contribution < -0.4 is 0 Å². The van der Waals surface area contributed by atoms with E-state index in [9.17, 15) is 9.59 Å². The van der Waals surface area contributed by atoms with Gasteiger partial charge in [-0.25, -0.2) is 4.68 Å². The van der Waals surface area contributed by atoms with Crippen LogP contribution in [0, 0.1) is 0 Å². The second-order valence-electron chi connectivity index (χ2n) is 6.98. The third-order valence-electron chi connectivity index (χ3n) is 3.43. The maximum absolute atomic E-state index is 12.2. The highest BCUT2D eigenvalue weighted by atomic mass is 79.9. The predicted octanol–water partition coefficient (Wildman–Crippen LogP) is 2.54. The van der Waals surface area contributed by atoms with Crippen molar-refractivity contribution in [1.29, 1.82) is 0 Å². The van der Waals surface area contributed by atoms with Crippen molar-refractivity contribution in [3.63, 3.8) is 0 Å². The van der Waals surface area contributed by atoms with Crippen LogP contribution in [-0.2, 0) is 18.5 Å². The quantitative estimate of drug-likeness (QED) is 0.264. The first-order chi connectivity index (χ1) is 11.7.